The molecule has 4 aromatic rings. The molecule has 4 N–H and O–H groups in total. The minimum Gasteiger partial charge on any atom is -1.00 e. The minimum absolute atomic E-state index is 0. The number of rotatable bonds is 8. The van der Waals surface area contributed by atoms with Crippen LogP contribution in [0.15, 0.2) is 91.5 Å². The zero-order chi connectivity index (χ0) is 29.4. The number of nitrogen functional groups attached to an aromatic ring is 2. The molecule has 0 aromatic heterocycles. The van der Waals surface area contributed by atoms with Crippen LogP contribution in [-0.2, 0) is 0 Å². The SMILES string of the molecule is C=C(c1ccc(N(C)C)cc1)c1ccc(OC)c(N)c1.COc1ccc(C(=O)c2ccc(N(C)C)cc2)cc1N.[2HH].[Br-].[CH3-].[Mg+2]. The van der Waals surface area contributed by atoms with Crippen molar-refractivity contribution in [2.75, 3.05) is 63.7 Å². The largest absolute Gasteiger partial charge is 2.00 e. The number of nitrogens with two attached hydrogens (primary N) is 2. The molecule has 0 saturated heterocycles. The summed E-state index contributed by atoms with van der Waals surface area (Å²) in [5, 5.41) is 0. The molecule has 4 rings (SSSR count). The van der Waals surface area contributed by atoms with E-state index in [0.717, 1.165) is 28.1 Å². The van der Waals surface area contributed by atoms with Crippen LogP contribution in [0.1, 0.15) is 28.5 Å². The van der Waals surface area contributed by atoms with Gasteiger partial charge in [-0.05, 0) is 83.4 Å². The first kappa shape index (κ1) is 39.3. The summed E-state index contributed by atoms with van der Waals surface area (Å²) in [5.74, 6) is 1.21. The van der Waals surface area contributed by atoms with Crippen LogP contribution in [0.4, 0.5) is 22.7 Å². The Morgan fingerprint density at radius 3 is 1.37 bits per heavy atom. The molecule has 0 saturated carbocycles. The van der Waals surface area contributed by atoms with E-state index in [1.165, 1.54) is 0 Å². The maximum atomic E-state index is 12.4. The van der Waals surface area contributed by atoms with Gasteiger partial charge >= 0.3 is 23.1 Å². The Morgan fingerprint density at radius 2 is 1.00 bits per heavy atom. The molecule has 0 amide bonds. The quantitative estimate of drug-likeness (QED) is 0.130. The smallest absolute Gasteiger partial charge is 1.00 e. The molecule has 0 aliphatic rings. The first-order valence-electron chi connectivity index (χ1n) is 12.7. The summed E-state index contributed by atoms with van der Waals surface area (Å²) < 4.78 is 10.3. The Hall–Kier alpha value is -3.66. The van der Waals surface area contributed by atoms with Gasteiger partial charge in [0.2, 0.25) is 0 Å². The normalized spacial score (nSPS) is 9.44. The van der Waals surface area contributed by atoms with Gasteiger partial charge in [0.15, 0.2) is 5.78 Å². The fourth-order valence-electron chi connectivity index (χ4n) is 4.00. The van der Waals surface area contributed by atoms with E-state index in [-0.39, 0.29) is 54.7 Å². The van der Waals surface area contributed by atoms with Gasteiger partial charge in [-0.1, -0.05) is 24.8 Å². The van der Waals surface area contributed by atoms with Crippen molar-refractivity contribution in [1.29, 1.82) is 0 Å². The van der Waals surface area contributed by atoms with E-state index in [2.05, 4.69) is 35.7 Å². The van der Waals surface area contributed by atoms with Crippen LogP contribution in [-0.4, -0.2) is 71.2 Å². The van der Waals surface area contributed by atoms with E-state index in [0.29, 0.717) is 34.0 Å². The Labute approximate surface area is 284 Å². The van der Waals surface area contributed by atoms with Crippen LogP contribution < -0.4 is 47.7 Å². The van der Waals surface area contributed by atoms with Crippen molar-refractivity contribution in [3.05, 3.63) is 121 Å². The van der Waals surface area contributed by atoms with E-state index in [9.17, 15) is 4.79 Å². The molecule has 0 unspecified atom stereocenters. The van der Waals surface area contributed by atoms with E-state index in [4.69, 9.17) is 20.9 Å². The summed E-state index contributed by atoms with van der Waals surface area (Å²) in [6.45, 7) is 4.16. The fraction of sp³-hybridized carbons (Fsp3) is 0.176. The van der Waals surface area contributed by atoms with E-state index < -0.39 is 0 Å². The number of carbonyl (C=O) groups is 1. The third-order valence-electron chi connectivity index (χ3n) is 6.45. The molecule has 0 radical (unpaired) electrons. The number of ketones is 1. The molecule has 0 spiro atoms. The molecule has 4 aromatic carbocycles. The van der Waals surface area contributed by atoms with Crippen LogP contribution >= 0.6 is 0 Å². The van der Waals surface area contributed by atoms with Crippen molar-refractivity contribution < 1.29 is 32.7 Å². The van der Waals surface area contributed by atoms with Gasteiger partial charge in [0.05, 0.1) is 25.6 Å². The second-order valence-electron chi connectivity index (χ2n) is 9.60. The van der Waals surface area contributed by atoms with Gasteiger partial charge < -0.3 is 55.1 Å². The second kappa shape index (κ2) is 18.1. The number of carbonyl (C=O) groups excluding carboxylic acids is 1. The maximum absolute atomic E-state index is 12.4. The van der Waals surface area contributed by atoms with Gasteiger partial charge in [0.1, 0.15) is 11.5 Å². The van der Waals surface area contributed by atoms with Crippen molar-refractivity contribution in [3.8, 4) is 11.5 Å². The van der Waals surface area contributed by atoms with Gasteiger partial charge in [-0.25, -0.2) is 0 Å². The van der Waals surface area contributed by atoms with Gasteiger partial charge in [-0.2, -0.15) is 0 Å². The Bertz CT molecular complexity index is 1370. The number of halogens is 1. The van der Waals surface area contributed by atoms with Gasteiger partial charge in [-0.3, -0.25) is 4.79 Å². The monoisotopic (exact) mass is 659 g/mol. The van der Waals surface area contributed by atoms with Crippen molar-refractivity contribution in [2.24, 2.45) is 0 Å². The molecule has 0 atom stereocenters. The van der Waals surface area contributed by atoms with Crippen molar-refractivity contribution >= 4 is 57.2 Å². The standard InChI is InChI=1S/C17H20N2O.C16H18N2O2.CH3.BrH.Mg.H2/c1-12(13-5-8-15(9-6-13)19(2)3)14-7-10-17(20-4)16(18)11-14;1-18(2)13-7-4-11(5-8-13)16(19)12-6-9-15(20-3)14(17)10-12;;;;/h5-11H,1,18H2,2-4H3;4-10H,17H2,1-3H3;1H3;1H;;1H/q;;-1;;+2;/p-1/i;;;;;1+1. The van der Waals surface area contributed by atoms with E-state index in [1.54, 1.807) is 32.4 Å². The Kier molecular flexibility index (Phi) is 16.6. The van der Waals surface area contributed by atoms with Crippen LogP contribution in [0, 0.1) is 7.43 Å². The summed E-state index contributed by atoms with van der Waals surface area (Å²) in [6, 6.07) is 26.5. The number of hydrogen-bond donors (Lipinski definition) is 2. The van der Waals surface area contributed by atoms with Crippen LogP contribution in [0.2, 0.25) is 0 Å². The van der Waals surface area contributed by atoms with E-state index >= 15 is 0 Å². The van der Waals surface area contributed by atoms with Crippen molar-refractivity contribution in [2.45, 2.75) is 0 Å². The summed E-state index contributed by atoms with van der Waals surface area (Å²) in [5.41, 5.74) is 19.3. The summed E-state index contributed by atoms with van der Waals surface area (Å²) in [4.78, 5) is 16.4. The predicted molar refractivity (Wildman–Crippen MR) is 182 cm³/mol. The molecule has 226 valence electrons. The number of benzene rings is 4. The number of ether oxygens (including phenoxy) is 2. The third-order valence-corrected chi connectivity index (χ3v) is 6.45. The molecule has 0 heterocycles. The maximum Gasteiger partial charge on any atom is 2.00 e. The molecular formula is C34H43BrMgN4O3. The van der Waals surface area contributed by atoms with Gasteiger partial charge in [0.25, 0.3) is 0 Å². The average Bonchev–Trinajstić information content (AvgIpc) is 2.96. The van der Waals surface area contributed by atoms with Gasteiger partial charge in [0, 0.05) is 52.1 Å². The molecule has 9 heteroatoms. The Morgan fingerprint density at radius 1 is 0.651 bits per heavy atom. The minimum atomic E-state index is -0.0512. The number of anilines is 4. The van der Waals surface area contributed by atoms with Crippen LogP contribution in [0.5, 0.6) is 11.5 Å². The fourth-order valence-corrected chi connectivity index (χ4v) is 4.00. The third kappa shape index (κ3) is 10.2. The molecule has 0 fully saturated rings. The summed E-state index contributed by atoms with van der Waals surface area (Å²) in [7, 11) is 11.1. The second-order valence-corrected chi connectivity index (χ2v) is 9.60. The van der Waals surface area contributed by atoms with Crippen molar-refractivity contribution in [1.82, 2.24) is 0 Å². The number of methoxy groups -OCH3 is 2. The van der Waals surface area contributed by atoms with E-state index in [1.807, 2.05) is 75.6 Å². The van der Waals surface area contributed by atoms with Gasteiger partial charge in [-0.15, -0.1) is 0 Å². The van der Waals surface area contributed by atoms with Crippen LogP contribution in [0.3, 0.4) is 0 Å². The Balaban J connectivity index is 0. The molecule has 0 aliphatic carbocycles. The molecule has 0 bridgehead atoms. The summed E-state index contributed by atoms with van der Waals surface area (Å²) >= 11 is 0. The summed E-state index contributed by atoms with van der Waals surface area (Å²) in [6.07, 6.45) is 0. The number of nitrogens with zero attached hydrogens (tertiary/aromatic N) is 2. The first-order valence-corrected chi connectivity index (χ1v) is 12.7. The topological polar surface area (TPSA) is 94.0 Å². The molecule has 7 nitrogen and oxygen atoms in total. The number of hydrogen-bond acceptors (Lipinski definition) is 7. The molecule has 43 heavy (non-hydrogen) atoms. The zero-order valence-corrected chi connectivity index (χ0v) is 29.1. The van der Waals surface area contributed by atoms with Crippen LogP contribution in [0.25, 0.3) is 5.57 Å². The van der Waals surface area contributed by atoms with Crippen molar-refractivity contribution in [3.63, 3.8) is 0 Å². The molecular weight excluding hydrogens is 617 g/mol. The first-order chi connectivity index (χ1) is 19.0. The predicted octanol–water partition coefficient (Wildman–Crippen LogP) is 3.30. The molecule has 0 aliphatic heterocycles. The zero-order valence-electron chi connectivity index (χ0n) is 26.1. The average molecular weight is 661 g/mol.